The van der Waals surface area contributed by atoms with E-state index in [1.54, 1.807) is 24.3 Å². The fourth-order valence-corrected chi connectivity index (χ4v) is 4.02. The SMILES string of the molecule is N=C(N)N1CCC(CNC(=O)C2CC=CCCC(=O)Nc3ccccc3C(=O)C2)CC1. The molecule has 0 aromatic heterocycles. The zero-order valence-corrected chi connectivity index (χ0v) is 17.7. The van der Waals surface area contributed by atoms with Crippen molar-refractivity contribution in [2.75, 3.05) is 25.0 Å². The van der Waals surface area contributed by atoms with Crippen LogP contribution in [0.25, 0.3) is 0 Å². The smallest absolute Gasteiger partial charge is 0.224 e. The van der Waals surface area contributed by atoms with Crippen molar-refractivity contribution in [2.24, 2.45) is 17.6 Å². The molecule has 0 spiro atoms. The molecule has 8 nitrogen and oxygen atoms in total. The number of fused-ring (bicyclic) bond motifs is 1. The number of piperidine rings is 1. The number of anilines is 1. The highest BCUT2D eigenvalue weighted by Crippen LogP contribution is 2.23. The molecule has 1 saturated heterocycles. The topological polar surface area (TPSA) is 128 Å². The summed E-state index contributed by atoms with van der Waals surface area (Å²) in [5.74, 6) is -0.421. The molecule has 1 atom stereocenters. The van der Waals surface area contributed by atoms with Crippen LogP contribution in [0.15, 0.2) is 36.4 Å². The van der Waals surface area contributed by atoms with Gasteiger partial charge in [0, 0.05) is 44.0 Å². The van der Waals surface area contributed by atoms with E-state index in [1.165, 1.54) is 0 Å². The molecule has 5 N–H and O–H groups in total. The highest BCUT2D eigenvalue weighted by Gasteiger charge is 2.25. The van der Waals surface area contributed by atoms with Crippen molar-refractivity contribution in [3.05, 3.63) is 42.0 Å². The van der Waals surface area contributed by atoms with Gasteiger partial charge in [0.1, 0.15) is 0 Å². The van der Waals surface area contributed by atoms with E-state index in [1.807, 2.05) is 17.1 Å². The summed E-state index contributed by atoms with van der Waals surface area (Å²) < 4.78 is 0. The van der Waals surface area contributed by atoms with Gasteiger partial charge in [-0.1, -0.05) is 24.3 Å². The summed E-state index contributed by atoms with van der Waals surface area (Å²) in [5, 5.41) is 13.4. The van der Waals surface area contributed by atoms with Crippen LogP contribution in [0.3, 0.4) is 0 Å². The Bertz CT molecular complexity index is 859. The summed E-state index contributed by atoms with van der Waals surface area (Å²) in [4.78, 5) is 39.8. The lowest BCUT2D eigenvalue weighted by Gasteiger charge is -2.32. The van der Waals surface area contributed by atoms with Crippen LogP contribution in [-0.2, 0) is 9.59 Å². The Morgan fingerprint density at radius 2 is 1.94 bits per heavy atom. The number of likely N-dealkylation sites (tertiary alicyclic amines) is 1. The van der Waals surface area contributed by atoms with Gasteiger partial charge in [-0.05, 0) is 43.7 Å². The Hall–Kier alpha value is -3.16. The summed E-state index contributed by atoms with van der Waals surface area (Å²) in [6.45, 7) is 2.01. The van der Waals surface area contributed by atoms with Crippen LogP contribution in [0, 0.1) is 17.2 Å². The minimum atomic E-state index is -0.454. The van der Waals surface area contributed by atoms with Crippen LogP contribution >= 0.6 is 0 Å². The fraction of sp³-hybridized carbons (Fsp3) is 0.478. The first-order valence-corrected chi connectivity index (χ1v) is 10.9. The zero-order chi connectivity index (χ0) is 22.2. The number of carbonyl (C=O) groups excluding carboxylic acids is 3. The third-order valence-electron chi connectivity index (χ3n) is 5.95. The third-order valence-corrected chi connectivity index (χ3v) is 5.95. The van der Waals surface area contributed by atoms with Gasteiger partial charge in [-0.3, -0.25) is 19.8 Å². The lowest BCUT2D eigenvalue weighted by Crippen LogP contribution is -2.44. The van der Waals surface area contributed by atoms with Crippen LogP contribution in [0.2, 0.25) is 0 Å². The van der Waals surface area contributed by atoms with E-state index in [0.29, 0.717) is 43.0 Å². The van der Waals surface area contributed by atoms with E-state index in [9.17, 15) is 14.4 Å². The second-order valence-corrected chi connectivity index (χ2v) is 8.22. The van der Waals surface area contributed by atoms with E-state index in [-0.39, 0.29) is 30.0 Å². The minimum absolute atomic E-state index is 0.0891. The number of benzene rings is 1. The number of amides is 2. The number of nitrogens with zero attached hydrogens (tertiary/aromatic N) is 1. The molecule has 1 unspecified atom stereocenters. The lowest BCUT2D eigenvalue weighted by molar-refractivity contribution is -0.125. The number of nitrogens with two attached hydrogens (primary N) is 1. The number of allylic oxidation sites excluding steroid dienone is 2. The summed E-state index contributed by atoms with van der Waals surface area (Å²) in [7, 11) is 0. The van der Waals surface area contributed by atoms with Crippen molar-refractivity contribution in [1.82, 2.24) is 10.2 Å². The Labute approximate surface area is 182 Å². The van der Waals surface area contributed by atoms with Gasteiger partial charge >= 0.3 is 0 Å². The van der Waals surface area contributed by atoms with E-state index < -0.39 is 5.92 Å². The first-order valence-electron chi connectivity index (χ1n) is 10.9. The molecule has 8 heteroatoms. The van der Waals surface area contributed by atoms with Crippen molar-refractivity contribution >= 4 is 29.2 Å². The number of hydrogen-bond donors (Lipinski definition) is 4. The van der Waals surface area contributed by atoms with Gasteiger partial charge in [-0.25, -0.2) is 0 Å². The van der Waals surface area contributed by atoms with Gasteiger partial charge in [0.05, 0.1) is 5.69 Å². The van der Waals surface area contributed by atoms with Crippen LogP contribution < -0.4 is 16.4 Å². The minimum Gasteiger partial charge on any atom is -0.370 e. The normalized spacial score (nSPS) is 20.8. The molecule has 2 amide bonds. The number of ketones is 1. The largest absolute Gasteiger partial charge is 0.370 e. The number of para-hydroxylation sites is 1. The highest BCUT2D eigenvalue weighted by molar-refractivity contribution is 6.06. The Balaban J connectivity index is 1.63. The molecule has 166 valence electrons. The summed E-state index contributed by atoms with van der Waals surface area (Å²) in [5.41, 5.74) is 6.48. The lowest BCUT2D eigenvalue weighted by atomic mass is 9.92. The number of guanidine groups is 1. The fourth-order valence-electron chi connectivity index (χ4n) is 4.02. The number of carbonyl (C=O) groups is 3. The van der Waals surface area contributed by atoms with Gasteiger partial charge in [-0.15, -0.1) is 0 Å². The van der Waals surface area contributed by atoms with Crippen LogP contribution in [0.4, 0.5) is 5.69 Å². The highest BCUT2D eigenvalue weighted by atomic mass is 16.2. The molecule has 2 aliphatic heterocycles. The summed E-state index contributed by atoms with van der Waals surface area (Å²) in [6.07, 6.45) is 7.00. The predicted octanol–water partition coefficient (Wildman–Crippen LogP) is 2.28. The van der Waals surface area contributed by atoms with Gasteiger partial charge in [0.2, 0.25) is 11.8 Å². The van der Waals surface area contributed by atoms with Crippen LogP contribution in [0.1, 0.15) is 48.9 Å². The van der Waals surface area contributed by atoms with E-state index in [0.717, 1.165) is 25.9 Å². The maximum Gasteiger partial charge on any atom is 0.224 e. The molecular weight excluding hydrogens is 394 g/mol. The van der Waals surface area contributed by atoms with Crippen molar-refractivity contribution in [3.8, 4) is 0 Å². The maximum atomic E-state index is 13.0. The van der Waals surface area contributed by atoms with Gasteiger partial charge in [0.25, 0.3) is 0 Å². The molecule has 0 radical (unpaired) electrons. The van der Waals surface area contributed by atoms with Crippen molar-refractivity contribution < 1.29 is 14.4 Å². The Kier molecular flexibility index (Phi) is 7.81. The van der Waals surface area contributed by atoms with Gasteiger partial charge < -0.3 is 21.3 Å². The van der Waals surface area contributed by atoms with Gasteiger partial charge in [0.15, 0.2) is 11.7 Å². The predicted molar refractivity (Wildman–Crippen MR) is 120 cm³/mol. The van der Waals surface area contributed by atoms with E-state index in [4.69, 9.17) is 11.1 Å². The number of rotatable bonds is 3. The van der Waals surface area contributed by atoms with Crippen LogP contribution in [-0.4, -0.2) is 48.1 Å². The molecule has 0 aliphatic carbocycles. The average molecular weight is 426 g/mol. The molecule has 0 saturated carbocycles. The standard InChI is InChI=1S/C23H31N5O3/c24-23(25)28-12-10-16(11-13-28)15-26-22(31)17-6-2-1-3-9-21(30)27-19-8-5-4-7-18(19)20(29)14-17/h1-2,4-5,7-8,16-17H,3,6,9-15H2,(H3,24,25)(H,26,31)(H,27,30). The first kappa shape index (κ1) is 22.5. The monoisotopic (exact) mass is 425 g/mol. The average Bonchev–Trinajstić information content (AvgIpc) is 2.76. The molecular formula is C23H31N5O3. The molecule has 1 aromatic carbocycles. The maximum absolute atomic E-state index is 13.0. The summed E-state index contributed by atoms with van der Waals surface area (Å²) >= 11 is 0. The van der Waals surface area contributed by atoms with Crippen molar-refractivity contribution in [3.63, 3.8) is 0 Å². The van der Waals surface area contributed by atoms with Crippen LogP contribution in [0.5, 0.6) is 0 Å². The number of nitrogens with one attached hydrogen (secondary N) is 3. The van der Waals surface area contributed by atoms with Crippen molar-refractivity contribution in [2.45, 2.75) is 38.5 Å². The van der Waals surface area contributed by atoms with E-state index in [2.05, 4.69) is 10.6 Å². The quantitative estimate of drug-likeness (QED) is 0.335. The molecule has 1 fully saturated rings. The third kappa shape index (κ3) is 6.41. The molecule has 2 aliphatic rings. The first-order chi connectivity index (χ1) is 14.9. The second kappa shape index (κ2) is 10.7. The summed E-state index contributed by atoms with van der Waals surface area (Å²) in [6, 6.07) is 6.95. The number of Topliss-reactive ketones (excluding diaryl/α,β-unsaturated/α-hetero) is 1. The molecule has 1 aromatic rings. The van der Waals surface area contributed by atoms with E-state index >= 15 is 0 Å². The van der Waals surface area contributed by atoms with Crippen molar-refractivity contribution in [1.29, 1.82) is 5.41 Å². The molecule has 3 rings (SSSR count). The molecule has 2 heterocycles. The zero-order valence-electron chi connectivity index (χ0n) is 17.7. The Morgan fingerprint density at radius 1 is 1.19 bits per heavy atom. The number of hydrogen-bond acceptors (Lipinski definition) is 4. The molecule has 31 heavy (non-hydrogen) atoms. The van der Waals surface area contributed by atoms with Gasteiger partial charge in [-0.2, -0.15) is 0 Å². The molecule has 0 bridgehead atoms. The second-order valence-electron chi connectivity index (χ2n) is 8.22. The Morgan fingerprint density at radius 3 is 2.68 bits per heavy atom.